The highest BCUT2D eigenvalue weighted by atomic mass is 31.2. The molecule has 6 atom stereocenters. The number of ether oxygens (including phenoxy) is 2. The van der Waals surface area contributed by atoms with E-state index in [1.807, 2.05) is 0 Å². The van der Waals surface area contributed by atoms with E-state index in [-0.39, 0.29) is 13.0 Å². The van der Waals surface area contributed by atoms with E-state index in [1.54, 1.807) is 0 Å². The van der Waals surface area contributed by atoms with Gasteiger partial charge in [-0.15, -0.1) is 0 Å². The molecule has 1 saturated carbocycles. The molecule has 418 valence electrons. The number of phosphoric acid groups is 1. The summed E-state index contributed by atoms with van der Waals surface area (Å²) in [4.78, 5) is 23.3. The first kappa shape index (κ1) is 67.4. The molecule has 1 aliphatic rings. The number of hydrogen-bond donors (Lipinski definition) is 6. The Labute approximate surface area is 429 Å². The van der Waals surface area contributed by atoms with Crippen molar-refractivity contribution < 1.29 is 58.3 Å². The minimum atomic E-state index is -5.02. The molecule has 6 unspecified atom stereocenters. The molecular weight excluding hydrogens is 908 g/mol. The molecule has 1 rings (SSSR count). The van der Waals surface area contributed by atoms with Gasteiger partial charge in [0.2, 0.25) is 0 Å². The summed E-state index contributed by atoms with van der Waals surface area (Å²) in [5.41, 5.74) is 0. The molecule has 1 aliphatic carbocycles. The van der Waals surface area contributed by atoms with Crippen molar-refractivity contribution in [2.45, 2.75) is 339 Å². The Hall–Kier alpha value is -0.660. The van der Waals surface area contributed by atoms with Crippen LogP contribution in [-0.2, 0) is 27.9 Å². The maximum Gasteiger partial charge on any atom is 0.472 e. The highest BCUT2D eigenvalue weighted by Crippen LogP contribution is 2.47. The SMILES string of the molecule is CCCCCCCCCCCCCCCCCCCCCCCCCC(=O)OC(COCCCCCCCCCCCCCCCCCCCCCC)COP(=O)(O)OC1C(O)C(O)C(O)C(O)C1O. The van der Waals surface area contributed by atoms with E-state index < -0.39 is 63.1 Å². The highest BCUT2D eigenvalue weighted by Gasteiger charge is 2.51. The number of carbonyl (C=O) groups excluding carboxylic acids is 1. The zero-order valence-corrected chi connectivity index (χ0v) is 46.2. The Bertz CT molecular complexity index is 1160. The van der Waals surface area contributed by atoms with Crippen molar-refractivity contribution in [3.63, 3.8) is 0 Å². The molecule has 0 aliphatic heterocycles. The number of phosphoric ester groups is 1. The average Bonchev–Trinajstić information content (AvgIpc) is 3.35. The second-order valence-corrected chi connectivity index (χ2v) is 22.6. The third-order valence-corrected chi connectivity index (χ3v) is 15.5. The van der Waals surface area contributed by atoms with Gasteiger partial charge in [-0.05, 0) is 12.8 Å². The van der Waals surface area contributed by atoms with E-state index in [4.69, 9.17) is 18.5 Å². The molecule has 0 bridgehead atoms. The van der Waals surface area contributed by atoms with Gasteiger partial charge in [-0.3, -0.25) is 13.8 Å². The predicted molar refractivity (Wildman–Crippen MR) is 286 cm³/mol. The molecule has 0 amide bonds. The van der Waals surface area contributed by atoms with E-state index in [0.29, 0.717) is 13.0 Å². The number of carbonyl (C=O) groups is 1. The molecule has 0 spiro atoms. The van der Waals surface area contributed by atoms with Crippen LogP contribution in [0.25, 0.3) is 0 Å². The lowest BCUT2D eigenvalue weighted by atomic mass is 9.85. The number of aliphatic hydroxyl groups is 5. The van der Waals surface area contributed by atoms with Gasteiger partial charge in [0.05, 0.1) is 13.2 Å². The molecule has 0 radical (unpaired) electrons. The van der Waals surface area contributed by atoms with Crippen molar-refractivity contribution in [3.05, 3.63) is 0 Å². The molecule has 12 nitrogen and oxygen atoms in total. The van der Waals surface area contributed by atoms with Crippen molar-refractivity contribution >= 4 is 13.8 Å². The fourth-order valence-corrected chi connectivity index (χ4v) is 10.7. The van der Waals surface area contributed by atoms with Gasteiger partial charge >= 0.3 is 13.8 Å². The largest absolute Gasteiger partial charge is 0.472 e. The third kappa shape index (κ3) is 38.9. The molecule has 0 aromatic heterocycles. The Kier molecular flexibility index (Phi) is 46.2. The average molecular weight is 1020 g/mol. The van der Waals surface area contributed by atoms with Gasteiger partial charge in [0.1, 0.15) is 42.7 Å². The zero-order valence-electron chi connectivity index (χ0n) is 45.4. The van der Waals surface area contributed by atoms with Crippen molar-refractivity contribution in [1.82, 2.24) is 0 Å². The Morgan fingerprint density at radius 3 is 0.986 bits per heavy atom. The molecule has 0 saturated heterocycles. The molecule has 6 N–H and O–H groups in total. The maximum atomic E-state index is 12.9. The van der Waals surface area contributed by atoms with Crippen molar-refractivity contribution in [2.75, 3.05) is 19.8 Å². The number of aliphatic hydroxyl groups excluding tert-OH is 5. The Morgan fingerprint density at radius 2 is 0.671 bits per heavy atom. The second-order valence-electron chi connectivity index (χ2n) is 21.2. The lowest BCUT2D eigenvalue weighted by molar-refractivity contribution is -0.220. The first-order chi connectivity index (χ1) is 34.0. The van der Waals surface area contributed by atoms with Crippen LogP contribution in [0, 0.1) is 0 Å². The van der Waals surface area contributed by atoms with Crippen LogP contribution in [-0.4, -0.2) is 98.9 Å². The van der Waals surface area contributed by atoms with E-state index in [9.17, 15) is 39.8 Å². The van der Waals surface area contributed by atoms with Crippen molar-refractivity contribution in [2.24, 2.45) is 0 Å². The van der Waals surface area contributed by atoms with E-state index in [0.717, 1.165) is 38.5 Å². The zero-order chi connectivity index (χ0) is 51.2. The van der Waals surface area contributed by atoms with Gasteiger partial charge < -0.3 is 39.9 Å². The van der Waals surface area contributed by atoms with Gasteiger partial charge in [-0.25, -0.2) is 4.57 Å². The third-order valence-electron chi connectivity index (χ3n) is 14.5. The molecule has 13 heteroatoms. The van der Waals surface area contributed by atoms with Crippen molar-refractivity contribution in [3.8, 4) is 0 Å². The molecular formula is C57H113O12P. The summed E-state index contributed by atoms with van der Waals surface area (Å²) in [5, 5.41) is 50.4. The minimum absolute atomic E-state index is 0.0669. The lowest BCUT2D eigenvalue weighted by Crippen LogP contribution is -2.64. The summed E-state index contributed by atoms with van der Waals surface area (Å²) in [6.45, 7) is 4.35. The van der Waals surface area contributed by atoms with E-state index >= 15 is 0 Å². The highest BCUT2D eigenvalue weighted by molar-refractivity contribution is 7.47. The molecule has 70 heavy (non-hydrogen) atoms. The number of rotatable bonds is 53. The Balaban J connectivity index is 2.24. The molecule has 0 aromatic rings. The summed E-state index contributed by atoms with van der Waals surface area (Å²) in [7, 11) is -5.02. The quantitative estimate of drug-likeness (QED) is 0.0192. The first-order valence-electron chi connectivity index (χ1n) is 29.9. The van der Waals surface area contributed by atoms with Crippen LogP contribution >= 0.6 is 7.82 Å². The summed E-state index contributed by atoms with van der Waals surface area (Å²) >= 11 is 0. The number of unbranched alkanes of at least 4 members (excludes halogenated alkanes) is 41. The summed E-state index contributed by atoms with van der Waals surface area (Å²) in [6.07, 6.45) is 43.2. The predicted octanol–water partition coefficient (Wildman–Crippen LogP) is 14.4. The summed E-state index contributed by atoms with van der Waals surface area (Å²) < 4.78 is 34.5. The smallest absolute Gasteiger partial charge is 0.457 e. The topological polar surface area (TPSA) is 192 Å². The van der Waals surface area contributed by atoms with Crippen molar-refractivity contribution in [1.29, 1.82) is 0 Å². The van der Waals surface area contributed by atoms with Gasteiger partial charge in [-0.1, -0.05) is 277 Å². The summed E-state index contributed by atoms with van der Waals surface area (Å²) in [6, 6.07) is 0. The summed E-state index contributed by atoms with van der Waals surface area (Å²) in [5.74, 6) is -0.466. The fraction of sp³-hybridized carbons (Fsp3) is 0.982. The van der Waals surface area contributed by atoms with Gasteiger partial charge in [0, 0.05) is 13.0 Å². The lowest BCUT2D eigenvalue weighted by Gasteiger charge is -2.41. The second kappa shape index (κ2) is 48.0. The van der Waals surface area contributed by atoms with Crippen LogP contribution in [0.2, 0.25) is 0 Å². The first-order valence-corrected chi connectivity index (χ1v) is 31.4. The normalized spacial score (nSPS) is 20.7. The Morgan fingerprint density at radius 1 is 0.400 bits per heavy atom. The fourth-order valence-electron chi connectivity index (χ4n) is 9.77. The van der Waals surface area contributed by atoms with Crippen LogP contribution in [0.4, 0.5) is 0 Å². The van der Waals surface area contributed by atoms with E-state index in [1.165, 1.54) is 231 Å². The minimum Gasteiger partial charge on any atom is -0.457 e. The van der Waals surface area contributed by atoms with Gasteiger partial charge in [0.15, 0.2) is 0 Å². The molecule has 0 heterocycles. The van der Waals surface area contributed by atoms with Crippen LogP contribution in [0.1, 0.15) is 296 Å². The van der Waals surface area contributed by atoms with Gasteiger partial charge in [0.25, 0.3) is 0 Å². The standard InChI is InChI=1S/C57H113O12P/c1-3-5-7-9-11-13-15-17-19-21-23-25-26-27-28-30-32-34-36-38-40-42-44-46-51(58)68-50(49-67-70(64,65)69-57-55(62)53(60)52(59)54(61)56(57)63)48-66-47-45-43-41-39-37-35-33-31-29-24-22-20-18-16-14-12-10-8-6-4-2/h50,52-57,59-63H,3-49H2,1-2H3,(H,64,65). The maximum absolute atomic E-state index is 12.9. The van der Waals surface area contributed by atoms with Crippen LogP contribution in [0.3, 0.4) is 0 Å². The van der Waals surface area contributed by atoms with Crippen LogP contribution < -0.4 is 0 Å². The monoisotopic (exact) mass is 1020 g/mol. The van der Waals surface area contributed by atoms with E-state index in [2.05, 4.69) is 13.8 Å². The number of hydrogen-bond acceptors (Lipinski definition) is 11. The molecule has 1 fully saturated rings. The van der Waals surface area contributed by atoms with Crippen LogP contribution in [0.5, 0.6) is 0 Å². The number of esters is 1. The van der Waals surface area contributed by atoms with Crippen LogP contribution in [0.15, 0.2) is 0 Å². The van der Waals surface area contributed by atoms with Gasteiger partial charge in [-0.2, -0.15) is 0 Å². The molecule has 0 aromatic carbocycles.